The van der Waals surface area contributed by atoms with Crippen LogP contribution in [0.5, 0.6) is 0 Å². The SMILES string of the molecule is CC[C@@H]1[C@@H]2OC(C)(C)OC2CN1CC#N. The first kappa shape index (κ1) is 10.9. The maximum absolute atomic E-state index is 8.73. The molecular formula is C11H18N2O2. The molecule has 2 aliphatic heterocycles. The van der Waals surface area contributed by atoms with Gasteiger partial charge >= 0.3 is 0 Å². The van der Waals surface area contributed by atoms with Gasteiger partial charge in [0.15, 0.2) is 5.79 Å². The van der Waals surface area contributed by atoms with E-state index in [1.165, 1.54) is 0 Å². The van der Waals surface area contributed by atoms with Crippen molar-refractivity contribution in [2.24, 2.45) is 0 Å². The summed E-state index contributed by atoms with van der Waals surface area (Å²) in [4.78, 5) is 2.16. The van der Waals surface area contributed by atoms with E-state index in [1.807, 2.05) is 13.8 Å². The van der Waals surface area contributed by atoms with Crippen LogP contribution in [0, 0.1) is 11.3 Å². The van der Waals surface area contributed by atoms with Crippen LogP contribution >= 0.6 is 0 Å². The van der Waals surface area contributed by atoms with Crippen LogP contribution in [-0.2, 0) is 9.47 Å². The van der Waals surface area contributed by atoms with E-state index in [9.17, 15) is 0 Å². The summed E-state index contributed by atoms with van der Waals surface area (Å²) in [5.41, 5.74) is 0. The van der Waals surface area contributed by atoms with E-state index in [2.05, 4.69) is 17.9 Å². The van der Waals surface area contributed by atoms with Crippen molar-refractivity contribution in [2.75, 3.05) is 13.1 Å². The zero-order valence-corrected chi connectivity index (χ0v) is 9.56. The first-order valence-corrected chi connectivity index (χ1v) is 5.54. The fourth-order valence-electron chi connectivity index (χ4n) is 2.67. The molecule has 15 heavy (non-hydrogen) atoms. The monoisotopic (exact) mass is 210 g/mol. The van der Waals surface area contributed by atoms with Gasteiger partial charge in [-0.2, -0.15) is 5.26 Å². The number of nitriles is 1. The third-order valence-corrected chi connectivity index (χ3v) is 3.18. The summed E-state index contributed by atoms with van der Waals surface area (Å²) >= 11 is 0. The molecule has 0 aliphatic carbocycles. The topological polar surface area (TPSA) is 45.5 Å². The average molecular weight is 210 g/mol. The lowest BCUT2D eigenvalue weighted by atomic mass is 10.1. The third-order valence-electron chi connectivity index (χ3n) is 3.18. The normalized spacial score (nSPS) is 38.9. The molecule has 0 saturated carbocycles. The molecule has 0 aromatic heterocycles. The zero-order chi connectivity index (χ0) is 11.1. The first-order valence-electron chi connectivity index (χ1n) is 5.54. The van der Waals surface area contributed by atoms with E-state index in [-0.39, 0.29) is 12.2 Å². The fraction of sp³-hybridized carbons (Fsp3) is 0.909. The second-order valence-corrected chi connectivity index (χ2v) is 4.70. The summed E-state index contributed by atoms with van der Waals surface area (Å²) in [6.07, 6.45) is 1.28. The number of ether oxygens (including phenoxy) is 2. The second-order valence-electron chi connectivity index (χ2n) is 4.70. The van der Waals surface area contributed by atoms with Crippen LogP contribution in [0.3, 0.4) is 0 Å². The number of nitrogens with zero attached hydrogens (tertiary/aromatic N) is 2. The van der Waals surface area contributed by atoms with Gasteiger partial charge in [0.05, 0.1) is 12.6 Å². The molecular weight excluding hydrogens is 192 g/mol. The lowest BCUT2D eigenvalue weighted by Crippen LogP contribution is -2.38. The smallest absolute Gasteiger partial charge is 0.163 e. The lowest BCUT2D eigenvalue weighted by molar-refractivity contribution is -0.160. The number of fused-ring (bicyclic) bond motifs is 1. The van der Waals surface area contributed by atoms with Crippen molar-refractivity contribution in [1.82, 2.24) is 4.90 Å². The van der Waals surface area contributed by atoms with Crippen LogP contribution in [-0.4, -0.2) is 42.0 Å². The van der Waals surface area contributed by atoms with Gasteiger partial charge in [0.1, 0.15) is 12.2 Å². The highest BCUT2D eigenvalue weighted by Gasteiger charge is 2.51. The predicted octanol–water partition coefficient (Wildman–Crippen LogP) is 1.12. The Kier molecular flexibility index (Phi) is 2.72. The largest absolute Gasteiger partial charge is 0.343 e. The molecule has 2 saturated heterocycles. The molecule has 4 heteroatoms. The van der Waals surface area contributed by atoms with Crippen molar-refractivity contribution >= 4 is 0 Å². The van der Waals surface area contributed by atoms with Crippen LogP contribution < -0.4 is 0 Å². The minimum Gasteiger partial charge on any atom is -0.343 e. The zero-order valence-electron chi connectivity index (χ0n) is 9.56. The van der Waals surface area contributed by atoms with Gasteiger partial charge in [-0.1, -0.05) is 6.92 Å². The highest BCUT2D eigenvalue weighted by Crippen LogP contribution is 2.37. The highest BCUT2D eigenvalue weighted by molar-refractivity contribution is 5.01. The molecule has 2 heterocycles. The van der Waals surface area contributed by atoms with Crippen molar-refractivity contribution in [3.63, 3.8) is 0 Å². The summed E-state index contributed by atoms with van der Waals surface area (Å²) in [7, 11) is 0. The molecule has 0 spiro atoms. The van der Waals surface area contributed by atoms with Crippen LogP contribution in [0.4, 0.5) is 0 Å². The molecule has 3 atom stereocenters. The molecule has 2 fully saturated rings. The van der Waals surface area contributed by atoms with Gasteiger partial charge in [0.25, 0.3) is 0 Å². The molecule has 0 radical (unpaired) electrons. The van der Waals surface area contributed by atoms with Gasteiger partial charge in [-0.25, -0.2) is 0 Å². The molecule has 0 amide bonds. The Morgan fingerprint density at radius 2 is 2.20 bits per heavy atom. The average Bonchev–Trinajstić information content (AvgIpc) is 2.56. The maximum Gasteiger partial charge on any atom is 0.163 e. The Labute approximate surface area is 90.8 Å². The molecule has 84 valence electrons. The molecule has 0 aromatic carbocycles. The molecule has 2 rings (SSSR count). The third kappa shape index (κ3) is 1.87. The van der Waals surface area contributed by atoms with Gasteiger partial charge in [-0.05, 0) is 20.3 Å². The van der Waals surface area contributed by atoms with Crippen LogP contribution in [0.25, 0.3) is 0 Å². The first-order chi connectivity index (χ1) is 7.07. The number of rotatable bonds is 2. The van der Waals surface area contributed by atoms with E-state index >= 15 is 0 Å². The highest BCUT2D eigenvalue weighted by atomic mass is 16.8. The van der Waals surface area contributed by atoms with Gasteiger partial charge in [0.2, 0.25) is 0 Å². The van der Waals surface area contributed by atoms with Crippen molar-refractivity contribution in [3.8, 4) is 6.07 Å². The molecule has 1 unspecified atom stereocenters. The second kappa shape index (κ2) is 3.75. The number of hydrogen-bond donors (Lipinski definition) is 0. The molecule has 0 aromatic rings. The fourth-order valence-corrected chi connectivity index (χ4v) is 2.67. The molecule has 0 N–H and O–H groups in total. The number of hydrogen-bond acceptors (Lipinski definition) is 4. The predicted molar refractivity (Wildman–Crippen MR) is 55.1 cm³/mol. The maximum atomic E-state index is 8.73. The lowest BCUT2D eigenvalue weighted by Gasteiger charge is -2.27. The summed E-state index contributed by atoms with van der Waals surface area (Å²) in [6, 6.07) is 2.53. The Morgan fingerprint density at radius 1 is 1.47 bits per heavy atom. The summed E-state index contributed by atoms with van der Waals surface area (Å²) < 4.78 is 11.7. The van der Waals surface area contributed by atoms with Crippen molar-refractivity contribution in [2.45, 2.75) is 51.2 Å². The van der Waals surface area contributed by atoms with Gasteiger partial charge in [0, 0.05) is 12.6 Å². The minimum absolute atomic E-state index is 0.137. The van der Waals surface area contributed by atoms with E-state index in [1.54, 1.807) is 0 Å². The summed E-state index contributed by atoms with van der Waals surface area (Å²) in [5.74, 6) is -0.457. The summed E-state index contributed by atoms with van der Waals surface area (Å²) in [5, 5.41) is 8.73. The Balaban J connectivity index is 2.08. The van der Waals surface area contributed by atoms with E-state index in [4.69, 9.17) is 14.7 Å². The molecule has 4 nitrogen and oxygen atoms in total. The van der Waals surface area contributed by atoms with E-state index in [0.717, 1.165) is 13.0 Å². The standard InChI is InChI=1S/C11H18N2O2/c1-4-8-10-9(7-13(8)6-5-12)14-11(2,3)15-10/h8-10H,4,6-7H2,1-3H3/t8-,9?,10+/m1/s1. The molecule has 0 bridgehead atoms. The van der Waals surface area contributed by atoms with Crippen LogP contribution in [0.15, 0.2) is 0 Å². The van der Waals surface area contributed by atoms with Crippen LogP contribution in [0.2, 0.25) is 0 Å². The van der Waals surface area contributed by atoms with Gasteiger partial charge in [-0.3, -0.25) is 4.90 Å². The Bertz CT molecular complexity index is 285. The van der Waals surface area contributed by atoms with Crippen molar-refractivity contribution < 1.29 is 9.47 Å². The van der Waals surface area contributed by atoms with Crippen molar-refractivity contribution in [1.29, 1.82) is 5.26 Å². The van der Waals surface area contributed by atoms with E-state index in [0.29, 0.717) is 12.6 Å². The minimum atomic E-state index is -0.457. The quantitative estimate of drug-likeness (QED) is 0.641. The number of likely N-dealkylation sites (tertiary alicyclic amines) is 1. The molecule has 2 aliphatic rings. The van der Waals surface area contributed by atoms with E-state index < -0.39 is 5.79 Å². The summed E-state index contributed by atoms with van der Waals surface area (Å²) in [6.45, 7) is 7.32. The van der Waals surface area contributed by atoms with Crippen molar-refractivity contribution in [3.05, 3.63) is 0 Å². The van der Waals surface area contributed by atoms with Gasteiger partial charge in [-0.15, -0.1) is 0 Å². The van der Waals surface area contributed by atoms with Gasteiger partial charge < -0.3 is 9.47 Å². The Hall–Kier alpha value is -0.630. The van der Waals surface area contributed by atoms with Crippen LogP contribution in [0.1, 0.15) is 27.2 Å². The Morgan fingerprint density at radius 3 is 2.80 bits per heavy atom.